The van der Waals surface area contributed by atoms with E-state index in [9.17, 15) is 0 Å². The minimum absolute atomic E-state index is 1.17. The van der Waals surface area contributed by atoms with E-state index in [0.717, 1.165) is 0 Å². The third-order valence-corrected chi connectivity index (χ3v) is 4.97. The van der Waals surface area contributed by atoms with Gasteiger partial charge in [-0.05, 0) is 48.3 Å². The van der Waals surface area contributed by atoms with Crippen LogP contribution in [0.4, 0.5) is 0 Å². The zero-order chi connectivity index (χ0) is 18.6. The van der Waals surface area contributed by atoms with Crippen LogP contribution in [0.15, 0.2) is 97.1 Å². The summed E-state index contributed by atoms with van der Waals surface area (Å²) in [6.07, 6.45) is 4.50. The number of benzene rings is 3. The van der Waals surface area contributed by atoms with Crippen LogP contribution in [0.5, 0.6) is 0 Å². The van der Waals surface area contributed by atoms with Gasteiger partial charge in [0.25, 0.3) is 0 Å². The van der Waals surface area contributed by atoms with Gasteiger partial charge in [-0.1, -0.05) is 84.9 Å². The number of hydrogen-bond acceptors (Lipinski definition) is 0. The number of rotatable bonds is 4. The van der Waals surface area contributed by atoms with Crippen molar-refractivity contribution >= 4 is 22.0 Å². The second kappa shape index (κ2) is 7.51. The van der Waals surface area contributed by atoms with Crippen molar-refractivity contribution in [2.75, 3.05) is 0 Å². The molecule has 4 aromatic rings. The first kappa shape index (κ1) is 17.1. The highest BCUT2D eigenvalue weighted by Gasteiger charge is 2.15. The van der Waals surface area contributed by atoms with E-state index in [1.165, 1.54) is 44.4 Å². The summed E-state index contributed by atoms with van der Waals surface area (Å²) in [6.45, 7) is 4.26. The van der Waals surface area contributed by atoms with Gasteiger partial charge in [-0.15, -0.1) is 0 Å². The Morgan fingerprint density at radius 3 is 2.00 bits per heavy atom. The summed E-state index contributed by atoms with van der Waals surface area (Å²) < 4.78 is 0. The molecular formula is C26H23N. The van der Waals surface area contributed by atoms with Gasteiger partial charge in [0.1, 0.15) is 0 Å². The van der Waals surface area contributed by atoms with E-state index in [-0.39, 0.29) is 0 Å². The molecule has 4 rings (SSSR count). The highest BCUT2D eigenvalue weighted by Crippen LogP contribution is 2.35. The Hall–Kier alpha value is -3.32. The van der Waals surface area contributed by atoms with Crippen LogP contribution in [-0.2, 0) is 0 Å². The van der Waals surface area contributed by atoms with Crippen LogP contribution in [0, 0.1) is 6.92 Å². The molecule has 0 atom stereocenters. The van der Waals surface area contributed by atoms with E-state index in [1.54, 1.807) is 0 Å². The number of para-hydroxylation sites is 1. The molecular weight excluding hydrogens is 326 g/mol. The lowest BCUT2D eigenvalue weighted by molar-refractivity contribution is 1.28. The lowest BCUT2D eigenvalue weighted by Crippen LogP contribution is -1.92. The fourth-order valence-corrected chi connectivity index (χ4v) is 3.66. The van der Waals surface area contributed by atoms with E-state index >= 15 is 0 Å². The van der Waals surface area contributed by atoms with Crippen molar-refractivity contribution in [2.45, 2.75) is 13.8 Å². The Balaban J connectivity index is 1.97. The molecule has 0 aliphatic rings. The molecule has 0 bridgehead atoms. The van der Waals surface area contributed by atoms with Gasteiger partial charge in [-0.2, -0.15) is 0 Å². The fraction of sp³-hybridized carbons (Fsp3) is 0.0769. The first-order valence-corrected chi connectivity index (χ1v) is 9.34. The SMILES string of the molecule is C/C=C(\C=C(\c1ccccc1)c1c(C)[nH]c2ccccc12)c1ccccc1. The number of nitrogens with one attached hydrogen (secondary N) is 1. The van der Waals surface area contributed by atoms with Gasteiger partial charge < -0.3 is 4.98 Å². The first-order chi connectivity index (χ1) is 13.3. The second-order valence-corrected chi connectivity index (χ2v) is 6.70. The topological polar surface area (TPSA) is 15.8 Å². The van der Waals surface area contributed by atoms with E-state index in [2.05, 4.69) is 116 Å². The minimum atomic E-state index is 1.17. The molecule has 0 aliphatic heterocycles. The average Bonchev–Trinajstić information content (AvgIpc) is 3.06. The Morgan fingerprint density at radius 1 is 0.741 bits per heavy atom. The van der Waals surface area contributed by atoms with E-state index < -0.39 is 0 Å². The molecule has 0 fully saturated rings. The number of aromatic nitrogens is 1. The summed E-state index contributed by atoms with van der Waals surface area (Å²) in [5.74, 6) is 0. The van der Waals surface area contributed by atoms with Gasteiger partial charge >= 0.3 is 0 Å². The largest absolute Gasteiger partial charge is 0.358 e. The minimum Gasteiger partial charge on any atom is -0.358 e. The predicted molar refractivity (Wildman–Crippen MR) is 117 cm³/mol. The van der Waals surface area contributed by atoms with Crippen molar-refractivity contribution in [1.82, 2.24) is 4.98 Å². The summed E-state index contributed by atoms with van der Waals surface area (Å²) >= 11 is 0. The maximum absolute atomic E-state index is 3.55. The predicted octanol–water partition coefficient (Wildman–Crippen LogP) is 7.01. The molecule has 27 heavy (non-hydrogen) atoms. The molecule has 0 radical (unpaired) electrons. The average molecular weight is 349 g/mol. The summed E-state index contributed by atoms with van der Waals surface area (Å²) in [6, 6.07) is 29.7. The molecule has 1 heteroatoms. The number of allylic oxidation sites excluding steroid dienone is 3. The van der Waals surface area contributed by atoms with Gasteiger partial charge in [0.05, 0.1) is 0 Å². The van der Waals surface area contributed by atoms with E-state index in [1.807, 2.05) is 0 Å². The highest BCUT2D eigenvalue weighted by molar-refractivity contribution is 6.01. The van der Waals surface area contributed by atoms with Gasteiger partial charge in [-0.3, -0.25) is 0 Å². The maximum atomic E-state index is 3.55. The standard InChI is InChI=1S/C26H23N/c1-3-20(21-12-6-4-7-13-21)18-24(22-14-8-5-9-15-22)26-19(2)27-25-17-11-10-16-23(25)26/h3-18,27H,1-2H3/b20-3+,24-18-. The van der Waals surface area contributed by atoms with E-state index in [4.69, 9.17) is 0 Å². The Morgan fingerprint density at radius 2 is 1.33 bits per heavy atom. The van der Waals surface area contributed by atoms with Crippen LogP contribution in [0.3, 0.4) is 0 Å². The molecule has 0 amide bonds. The maximum Gasteiger partial charge on any atom is 0.0462 e. The van der Waals surface area contributed by atoms with Crippen molar-refractivity contribution in [3.8, 4) is 0 Å². The molecule has 0 unspecified atom stereocenters. The van der Waals surface area contributed by atoms with Crippen molar-refractivity contribution in [3.63, 3.8) is 0 Å². The van der Waals surface area contributed by atoms with Crippen LogP contribution >= 0.6 is 0 Å². The Kier molecular flexibility index (Phi) is 4.76. The summed E-state index contributed by atoms with van der Waals surface area (Å²) in [7, 11) is 0. The molecule has 1 heterocycles. The van der Waals surface area contributed by atoms with Crippen molar-refractivity contribution in [3.05, 3.63) is 119 Å². The number of aromatic amines is 1. The smallest absolute Gasteiger partial charge is 0.0462 e. The zero-order valence-electron chi connectivity index (χ0n) is 15.7. The third-order valence-electron chi connectivity index (χ3n) is 4.97. The molecule has 1 nitrogen and oxygen atoms in total. The normalized spacial score (nSPS) is 12.5. The van der Waals surface area contributed by atoms with Crippen LogP contribution in [0.25, 0.3) is 22.0 Å². The van der Waals surface area contributed by atoms with Crippen molar-refractivity contribution in [2.24, 2.45) is 0 Å². The van der Waals surface area contributed by atoms with Crippen LogP contribution in [-0.4, -0.2) is 4.98 Å². The quantitative estimate of drug-likeness (QED) is 0.381. The first-order valence-electron chi connectivity index (χ1n) is 9.34. The lowest BCUT2D eigenvalue weighted by atomic mass is 9.92. The zero-order valence-corrected chi connectivity index (χ0v) is 15.7. The molecule has 0 spiro atoms. The second-order valence-electron chi connectivity index (χ2n) is 6.70. The number of fused-ring (bicyclic) bond motifs is 1. The fourth-order valence-electron chi connectivity index (χ4n) is 3.66. The number of aryl methyl sites for hydroxylation is 1. The van der Waals surface area contributed by atoms with Gasteiger partial charge in [0.2, 0.25) is 0 Å². The van der Waals surface area contributed by atoms with Gasteiger partial charge in [-0.25, -0.2) is 0 Å². The van der Waals surface area contributed by atoms with Gasteiger partial charge in [0, 0.05) is 22.2 Å². The summed E-state index contributed by atoms with van der Waals surface area (Å²) in [5, 5.41) is 1.26. The van der Waals surface area contributed by atoms with Crippen molar-refractivity contribution in [1.29, 1.82) is 0 Å². The summed E-state index contributed by atoms with van der Waals surface area (Å²) in [4.78, 5) is 3.55. The molecule has 1 N–H and O–H groups in total. The molecule has 1 aromatic heterocycles. The molecule has 0 saturated carbocycles. The van der Waals surface area contributed by atoms with Crippen LogP contribution < -0.4 is 0 Å². The third kappa shape index (κ3) is 3.37. The Bertz CT molecular complexity index is 1110. The van der Waals surface area contributed by atoms with Gasteiger partial charge in [0.15, 0.2) is 0 Å². The molecule has 0 aliphatic carbocycles. The number of H-pyrrole nitrogens is 1. The lowest BCUT2D eigenvalue weighted by Gasteiger charge is -2.12. The van der Waals surface area contributed by atoms with Crippen LogP contribution in [0.1, 0.15) is 29.3 Å². The highest BCUT2D eigenvalue weighted by atomic mass is 14.7. The van der Waals surface area contributed by atoms with Crippen molar-refractivity contribution < 1.29 is 0 Å². The Labute approximate surface area is 160 Å². The summed E-state index contributed by atoms with van der Waals surface area (Å²) in [5.41, 5.74) is 8.55. The van der Waals surface area contributed by atoms with E-state index in [0.29, 0.717) is 0 Å². The number of hydrogen-bond donors (Lipinski definition) is 1. The molecule has 3 aromatic carbocycles. The molecule has 132 valence electrons. The molecule has 0 saturated heterocycles. The monoisotopic (exact) mass is 349 g/mol. The van der Waals surface area contributed by atoms with Crippen LogP contribution in [0.2, 0.25) is 0 Å².